The van der Waals surface area contributed by atoms with Gasteiger partial charge in [0.2, 0.25) is 0 Å². The lowest BCUT2D eigenvalue weighted by molar-refractivity contribution is 0.0960. The summed E-state index contributed by atoms with van der Waals surface area (Å²) in [6.07, 6.45) is 3.06. The molecule has 1 aromatic rings. The fourth-order valence-electron chi connectivity index (χ4n) is 2.83. The van der Waals surface area contributed by atoms with Crippen molar-refractivity contribution in [1.82, 2.24) is 4.90 Å². The number of aryl methyl sites for hydroxylation is 2. The Balaban J connectivity index is 2.57. The first kappa shape index (κ1) is 17.9. The number of carbonyl (C=O) groups is 1. The predicted octanol–water partition coefficient (Wildman–Crippen LogP) is 4.63. The summed E-state index contributed by atoms with van der Waals surface area (Å²) in [6.45, 7) is 13.8. The van der Waals surface area contributed by atoms with Crippen LogP contribution in [0.3, 0.4) is 0 Å². The maximum atomic E-state index is 12.4. The lowest BCUT2D eigenvalue weighted by atomic mass is 10.0. The average molecular weight is 289 g/mol. The Morgan fingerprint density at radius 3 is 2.10 bits per heavy atom. The van der Waals surface area contributed by atoms with Gasteiger partial charge in [-0.15, -0.1) is 0 Å². The fraction of sp³-hybridized carbons (Fsp3) is 0.632. The van der Waals surface area contributed by atoms with E-state index in [-0.39, 0.29) is 5.78 Å². The number of hydrogen-bond acceptors (Lipinski definition) is 2. The molecule has 0 spiro atoms. The molecule has 0 unspecified atom stereocenters. The Morgan fingerprint density at radius 2 is 1.62 bits per heavy atom. The summed E-state index contributed by atoms with van der Waals surface area (Å²) in [5.41, 5.74) is 3.21. The maximum Gasteiger partial charge on any atom is 0.164 e. The van der Waals surface area contributed by atoms with Crippen LogP contribution in [-0.4, -0.2) is 30.3 Å². The highest BCUT2D eigenvalue weighted by atomic mass is 16.1. The molecule has 0 saturated carbocycles. The standard InChI is InChI=1S/C19H31NO/c1-6-17(7-2)14-20(8-3)10-9-19(21)18-12-15(4)11-16(5)13-18/h11-13,17H,6-10,14H2,1-5H3. The minimum atomic E-state index is 0.268. The van der Waals surface area contributed by atoms with Gasteiger partial charge >= 0.3 is 0 Å². The summed E-state index contributed by atoms with van der Waals surface area (Å²) in [6, 6.07) is 6.13. The van der Waals surface area contributed by atoms with E-state index >= 15 is 0 Å². The summed E-state index contributed by atoms with van der Waals surface area (Å²) in [5.74, 6) is 1.02. The van der Waals surface area contributed by atoms with Crippen molar-refractivity contribution >= 4 is 5.78 Å². The van der Waals surface area contributed by atoms with Crippen LogP contribution in [-0.2, 0) is 0 Å². The Bertz CT molecular complexity index is 429. The van der Waals surface area contributed by atoms with Gasteiger partial charge in [0, 0.05) is 25.1 Å². The van der Waals surface area contributed by atoms with E-state index in [2.05, 4.69) is 45.6 Å². The third-order valence-electron chi connectivity index (χ3n) is 4.32. The van der Waals surface area contributed by atoms with E-state index in [1.807, 2.05) is 12.1 Å². The van der Waals surface area contributed by atoms with E-state index in [9.17, 15) is 4.79 Å². The van der Waals surface area contributed by atoms with Crippen molar-refractivity contribution < 1.29 is 4.79 Å². The Hall–Kier alpha value is -1.15. The highest BCUT2D eigenvalue weighted by Crippen LogP contribution is 2.13. The molecule has 0 atom stereocenters. The first-order valence-electron chi connectivity index (χ1n) is 8.33. The molecule has 0 radical (unpaired) electrons. The van der Waals surface area contributed by atoms with E-state index in [0.717, 1.165) is 31.1 Å². The maximum absolute atomic E-state index is 12.4. The molecule has 0 bridgehead atoms. The molecular formula is C19H31NO. The second-order valence-electron chi connectivity index (χ2n) is 6.13. The Kier molecular flexibility index (Phi) is 7.66. The van der Waals surface area contributed by atoms with Gasteiger partial charge in [0.25, 0.3) is 0 Å². The number of Topliss-reactive ketones (excluding diaryl/α,β-unsaturated/α-hetero) is 1. The van der Waals surface area contributed by atoms with Gasteiger partial charge in [-0.2, -0.15) is 0 Å². The Labute approximate surface area is 130 Å². The Morgan fingerprint density at radius 1 is 1.05 bits per heavy atom. The molecule has 2 nitrogen and oxygen atoms in total. The second kappa shape index (κ2) is 8.99. The molecule has 0 saturated heterocycles. The van der Waals surface area contributed by atoms with Crippen LogP contribution in [0.5, 0.6) is 0 Å². The molecular weight excluding hydrogens is 258 g/mol. The van der Waals surface area contributed by atoms with Crippen molar-refractivity contribution in [1.29, 1.82) is 0 Å². The molecule has 0 amide bonds. The number of ketones is 1. The number of hydrogen-bond donors (Lipinski definition) is 0. The molecule has 0 fully saturated rings. The SMILES string of the molecule is CCC(CC)CN(CC)CCC(=O)c1cc(C)cc(C)c1. The van der Waals surface area contributed by atoms with Crippen LogP contribution in [0, 0.1) is 19.8 Å². The number of nitrogens with zero attached hydrogens (tertiary/aromatic N) is 1. The molecule has 0 N–H and O–H groups in total. The molecule has 118 valence electrons. The van der Waals surface area contributed by atoms with E-state index in [0.29, 0.717) is 6.42 Å². The summed E-state index contributed by atoms with van der Waals surface area (Å²) in [5, 5.41) is 0. The highest BCUT2D eigenvalue weighted by molar-refractivity contribution is 5.96. The van der Waals surface area contributed by atoms with E-state index in [1.165, 1.54) is 24.0 Å². The normalized spacial score (nSPS) is 11.4. The molecule has 0 aliphatic heterocycles. The molecule has 0 heterocycles. The molecule has 0 aliphatic carbocycles. The van der Waals surface area contributed by atoms with Gasteiger partial charge < -0.3 is 4.90 Å². The molecule has 1 rings (SSSR count). The number of carbonyl (C=O) groups excluding carboxylic acids is 1. The molecule has 0 aromatic heterocycles. The largest absolute Gasteiger partial charge is 0.303 e. The van der Waals surface area contributed by atoms with Crippen molar-refractivity contribution in [3.8, 4) is 0 Å². The van der Waals surface area contributed by atoms with Gasteiger partial charge in [-0.05, 0) is 38.4 Å². The van der Waals surface area contributed by atoms with Crippen LogP contribution < -0.4 is 0 Å². The van der Waals surface area contributed by atoms with Gasteiger partial charge in [-0.25, -0.2) is 0 Å². The van der Waals surface area contributed by atoms with Crippen LogP contribution in [0.1, 0.15) is 61.5 Å². The second-order valence-corrected chi connectivity index (χ2v) is 6.13. The van der Waals surface area contributed by atoms with Crippen molar-refractivity contribution in [3.63, 3.8) is 0 Å². The summed E-state index contributed by atoms with van der Waals surface area (Å²) < 4.78 is 0. The molecule has 1 aromatic carbocycles. The molecule has 21 heavy (non-hydrogen) atoms. The summed E-state index contributed by atoms with van der Waals surface area (Å²) in [4.78, 5) is 14.8. The van der Waals surface area contributed by atoms with Gasteiger partial charge in [0.05, 0.1) is 0 Å². The summed E-state index contributed by atoms with van der Waals surface area (Å²) >= 11 is 0. The number of benzene rings is 1. The van der Waals surface area contributed by atoms with Crippen LogP contribution in [0.25, 0.3) is 0 Å². The first-order valence-corrected chi connectivity index (χ1v) is 8.33. The minimum absolute atomic E-state index is 0.268. The van der Waals surface area contributed by atoms with Crippen LogP contribution >= 0.6 is 0 Å². The molecule has 2 heteroatoms. The van der Waals surface area contributed by atoms with Crippen molar-refractivity contribution in [3.05, 3.63) is 34.9 Å². The van der Waals surface area contributed by atoms with Gasteiger partial charge in [-0.3, -0.25) is 4.79 Å². The highest BCUT2D eigenvalue weighted by Gasteiger charge is 2.13. The smallest absolute Gasteiger partial charge is 0.164 e. The topological polar surface area (TPSA) is 20.3 Å². The lowest BCUT2D eigenvalue weighted by Gasteiger charge is -2.24. The summed E-state index contributed by atoms with van der Waals surface area (Å²) in [7, 11) is 0. The predicted molar refractivity (Wildman–Crippen MR) is 91.0 cm³/mol. The van der Waals surface area contributed by atoms with E-state index in [1.54, 1.807) is 0 Å². The van der Waals surface area contributed by atoms with Crippen molar-refractivity contribution in [2.75, 3.05) is 19.6 Å². The van der Waals surface area contributed by atoms with E-state index in [4.69, 9.17) is 0 Å². The van der Waals surface area contributed by atoms with Crippen LogP contribution in [0.4, 0.5) is 0 Å². The fourth-order valence-corrected chi connectivity index (χ4v) is 2.83. The quantitative estimate of drug-likeness (QED) is 0.618. The van der Waals surface area contributed by atoms with Gasteiger partial charge in [0.15, 0.2) is 5.78 Å². The minimum Gasteiger partial charge on any atom is -0.303 e. The van der Waals surface area contributed by atoms with Gasteiger partial charge in [0.1, 0.15) is 0 Å². The average Bonchev–Trinajstić information content (AvgIpc) is 2.46. The monoisotopic (exact) mass is 289 g/mol. The third-order valence-corrected chi connectivity index (χ3v) is 4.32. The number of rotatable bonds is 9. The zero-order chi connectivity index (χ0) is 15.8. The van der Waals surface area contributed by atoms with Gasteiger partial charge in [-0.1, -0.05) is 50.8 Å². The zero-order valence-corrected chi connectivity index (χ0v) is 14.4. The lowest BCUT2D eigenvalue weighted by Crippen LogP contribution is -2.31. The van der Waals surface area contributed by atoms with Crippen LogP contribution in [0.2, 0.25) is 0 Å². The van der Waals surface area contributed by atoms with Crippen LogP contribution in [0.15, 0.2) is 18.2 Å². The molecule has 0 aliphatic rings. The zero-order valence-electron chi connectivity index (χ0n) is 14.4. The van der Waals surface area contributed by atoms with Crippen molar-refractivity contribution in [2.45, 2.75) is 53.9 Å². The third kappa shape index (κ3) is 6.01. The first-order chi connectivity index (χ1) is 9.99. The van der Waals surface area contributed by atoms with Crippen molar-refractivity contribution in [2.24, 2.45) is 5.92 Å². The van der Waals surface area contributed by atoms with E-state index < -0.39 is 0 Å².